The molecule has 1 amide bonds. The van der Waals surface area contributed by atoms with E-state index in [0.29, 0.717) is 37.2 Å². The number of carbonyl (C=O) groups is 1. The summed E-state index contributed by atoms with van der Waals surface area (Å²) in [6.45, 7) is 10.7. The Morgan fingerprint density at radius 1 is 1.00 bits per heavy atom. The standard InChI is InChI=1S/C28H33N5O3/c1-6-24(27(34)29-17-16-21-10-14-23(15-11-21)36-7-2)33-28(35)26-25(19(4)30-33)20(5)32(31-26)22-12-8-18(3)9-13-22/h8-15,24H,6-7,16-17H2,1-5H3,(H,29,34)/t24-/m0/s1. The molecule has 0 bridgehead atoms. The van der Waals surface area contributed by atoms with Crippen LogP contribution in [0, 0.1) is 20.8 Å². The zero-order valence-electron chi connectivity index (χ0n) is 21.5. The molecule has 8 nitrogen and oxygen atoms in total. The summed E-state index contributed by atoms with van der Waals surface area (Å²) in [6.07, 6.45) is 1.11. The maximum Gasteiger partial charge on any atom is 0.295 e. The molecule has 0 fully saturated rings. The van der Waals surface area contributed by atoms with Crippen molar-refractivity contribution in [2.75, 3.05) is 13.2 Å². The van der Waals surface area contributed by atoms with Crippen LogP contribution in [0.2, 0.25) is 0 Å². The first-order valence-electron chi connectivity index (χ1n) is 12.4. The van der Waals surface area contributed by atoms with Crippen molar-refractivity contribution in [1.82, 2.24) is 24.9 Å². The first kappa shape index (κ1) is 25.2. The molecule has 2 aromatic carbocycles. The Balaban J connectivity index is 1.56. The predicted octanol–water partition coefficient (Wildman–Crippen LogP) is 4.22. The molecule has 2 aromatic heterocycles. The van der Waals surface area contributed by atoms with Crippen molar-refractivity contribution >= 4 is 16.8 Å². The number of aromatic nitrogens is 4. The Morgan fingerprint density at radius 2 is 1.69 bits per heavy atom. The summed E-state index contributed by atoms with van der Waals surface area (Å²) in [5.41, 5.74) is 4.58. The molecular formula is C28H33N5O3. The van der Waals surface area contributed by atoms with Crippen LogP contribution < -0.4 is 15.6 Å². The minimum Gasteiger partial charge on any atom is -0.494 e. The van der Waals surface area contributed by atoms with Crippen LogP contribution in [0.1, 0.15) is 48.8 Å². The van der Waals surface area contributed by atoms with E-state index in [0.717, 1.165) is 33.6 Å². The third kappa shape index (κ3) is 5.03. The van der Waals surface area contributed by atoms with Gasteiger partial charge >= 0.3 is 0 Å². The Bertz CT molecular complexity index is 1420. The van der Waals surface area contributed by atoms with Crippen LogP contribution in [-0.4, -0.2) is 38.6 Å². The van der Waals surface area contributed by atoms with Crippen LogP contribution in [-0.2, 0) is 11.2 Å². The lowest BCUT2D eigenvalue weighted by molar-refractivity contribution is -0.124. The molecular weight excluding hydrogens is 454 g/mol. The number of ether oxygens (including phenoxy) is 1. The van der Waals surface area contributed by atoms with Crippen molar-refractivity contribution in [3.05, 3.63) is 81.4 Å². The van der Waals surface area contributed by atoms with Crippen molar-refractivity contribution < 1.29 is 9.53 Å². The van der Waals surface area contributed by atoms with Gasteiger partial charge in [0.05, 0.1) is 29.1 Å². The summed E-state index contributed by atoms with van der Waals surface area (Å²) >= 11 is 0. The largest absolute Gasteiger partial charge is 0.494 e. The number of fused-ring (bicyclic) bond motifs is 1. The smallest absolute Gasteiger partial charge is 0.295 e. The molecule has 0 saturated carbocycles. The highest BCUT2D eigenvalue weighted by Gasteiger charge is 2.25. The quantitative estimate of drug-likeness (QED) is 0.382. The summed E-state index contributed by atoms with van der Waals surface area (Å²) in [4.78, 5) is 26.5. The van der Waals surface area contributed by atoms with Crippen LogP contribution in [0.3, 0.4) is 0 Å². The lowest BCUT2D eigenvalue weighted by Crippen LogP contribution is -2.39. The lowest BCUT2D eigenvalue weighted by atomic mass is 10.1. The Labute approximate surface area is 210 Å². The minimum absolute atomic E-state index is 0.230. The second kappa shape index (κ2) is 10.8. The average molecular weight is 488 g/mol. The molecule has 0 aliphatic heterocycles. The topological polar surface area (TPSA) is 91.0 Å². The van der Waals surface area contributed by atoms with Gasteiger partial charge in [0.1, 0.15) is 11.8 Å². The van der Waals surface area contributed by atoms with Gasteiger partial charge in [0, 0.05) is 6.54 Å². The fourth-order valence-corrected chi connectivity index (χ4v) is 4.44. The van der Waals surface area contributed by atoms with E-state index in [1.807, 2.05) is 83.1 Å². The van der Waals surface area contributed by atoms with Crippen LogP contribution >= 0.6 is 0 Å². The predicted molar refractivity (Wildman–Crippen MR) is 141 cm³/mol. The van der Waals surface area contributed by atoms with E-state index < -0.39 is 6.04 Å². The van der Waals surface area contributed by atoms with E-state index in [4.69, 9.17) is 4.74 Å². The average Bonchev–Trinajstić information content (AvgIpc) is 3.22. The molecule has 0 saturated heterocycles. The normalized spacial score (nSPS) is 12.0. The fraction of sp³-hybridized carbons (Fsp3) is 0.357. The molecule has 4 aromatic rings. The number of hydrogen-bond acceptors (Lipinski definition) is 5. The summed E-state index contributed by atoms with van der Waals surface area (Å²) in [7, 11) is 0. The Kier molecular flexibility index (Phi) is 7.52. The second-order valence-corrected chi connectivity index (χ2v) is 8.93. The van der Waals surface area contributed by atoms with Crippen molar-refractivity contribution in [3.8, 4) is 11.4 Å². The molecule has 0 unspecified atom stereocenters. The molecule has 0 spiro atoms. The minimum atomic E-state index is -0.717. The van der Waals surface area contributed by atoms with Gasteiger partial charge in [0.2, 0.25) is 5.91 Å². The fourth-order valence-electron chi connectivity index (χ4n) is 4.44. The van der Waals surface area contributed by atoms with Gasteiger partial charge in [0.15, 0.2) is 5.52 Å². The first-order chi connectivity index (χ1) is 17.3. The number of carbonyl (C=O) groups excluding carboxylic acids is 1. The number of benzene rings is 2. The summed E-state index contributed by atoms with van der Waals surface area (Å²) in [5, 5.41) is 12.9. The number of nitrogens with zero attached hydrogens (tertiary/aromatic N) is 4. The number of hydrogen-bond donors (Lipinski definition) is 1. The van der Waals surface area contributed by atoms with Gasteiger partial charge < -0.3 is 10.1 Å². The van der Waals surface area contributed by atoms with Gasteiger partial charge in [-0.2, -0.15) is 10.2 Å². The van der Waals surface area contributed by atoms with E-state index in [-0.39, 0.29) is 11.5 Å². The third-order valence-electron chi connectivity index (χ3n) is 6.36. The summed E-state index contributed by atoms with van der Waals surface area (Å²) in [5.74, 6) is 0.596. The van der Waals surface area contributed by atoms with Crippen molar-refractivity contribution in [2.24, 2.45) is 0 Å². The molecule has 0 aliphatic carbocycles. The summed E-state index contributed by atoms with van der Waals surface area (Å²) < 4.78 is 8.53. The van der Waals surface area contributed by atoms with E-state index in [2.05, 4.69) is 15.5 Å². The second-order valence-electron chi connectivity index (χ2n) is 8.93. The van der Waals surface area contributed by atoms with E-state index in [1.165, 1.54) is 4.68 Å². The SMILES string of the molecule is CCOc1ccc(CCNC(=O)[C@H](CC)n2nc(C)c3c(C)n(-c4ccc(C)cc4)nc3c2=O)cc1. The van der Waals surface area contributed by atoms with Crippen LogP contribution in [0.25, 0.3) is 16.6 Å². The zero-order chi connectivity index (χ0) is 25.8. The van der Waals surface area contributed by atoms with Gasteiger partial charge in [-0.1, -0.05) is 36.8 Å². The van der Waals surface area contributed by atoms with Crippen LogP contribution in [0.15, 0.2) is 53.3 Å². The molecule has 8 heteroatoms. The zero-order valence-corrected chi connectivity index (χ0v) is 21.5. The van der Waals surface area contributed by atoms with E-state index in [9.17, 15) is 9.59 Å². The van der Waals surface area contributed by atoms with Crippen LogP contribution in [0.4, 0.5) is 0 Å². The lowest BCUT2D eigenvalue weighted by Gasteiger charge is -2.17. The van der Waals surface area contributed by atoms with E-state index in [1.54, 1.807) is 4.68 Å². The molecule has 4 rings (SSSR count). The Hall–Kier alpha value is -3.94. The van der Waals surface area contributed by atoms with Gasteiger partial charge in [-0.05, 0) is 70.4 Å². The number of aryl methyl sites for hydroxylation is 3. The molecule has 36 heavy (non-hydrogen) atoms. The highest BCUT2D eigenvalue weighted by molar-refractivity contribution is 5.84. The third-order valence-corrected chi connectivity index (χ3v) is 6.36. The molecule has 0 radical (unpaired) electrons. The van der Waals surface area contributed by atoms with Crippen molar-refractivity contribution in [2.45, 2.75) is 53.5 Å². The maximum absolute atomic E-state index is 13.4. The Morgan fingerprint density at radius 3 is 2.33 bits per heavy atom. The van der Waals surface area contributed by atoms with Crippen molar-refractivity contribution in [3.63, 3.8) is 0 Å². The number of amides is 1. The first-order valence-corrected chi connectivity index (χ1v) is 12.4. The highest BCUT2D eigenvalue weighted by Crippen LogP contribution is 2.22. The highest BCUT2D eigenvalue weighted by atomic mass is 16.5. The van der Waals surface area contributed by atoms with Gasteiger partial charge in [0.25, 0.3) is 5.56 Å². The summed E-state index contributed by atoms with van der Waals surface area (Å²) in [6, 6.07) is 15.1. The van der Waals surface area contributed by atoms with Crippen molar-refractivity contribution in [1.29, 1.82) is 0 Å². The molecule has 188 valence electrons. The van der Waals surface area contributed by atoms with Gasteiger partial charge in [-0.3, -0.25) is 9.59 Å². The number of rotatable bonds is 9. The van der Waals surface area contributed by atoms with Gasteiger partial charge in [-0.25, -0.2) is 9.36 Å². The maximum atomic E-state index is 13.4. The van der Waals surface area contributed by atoms with E-state index >= 15 is 0 Å². The number of nitrogens with one attached hydrogen (secondary N) is 1. The molecule has 1 N–H and O–H groups in total. The molecule has 1 atom stereocenters. The molecule has 0 aliphatic rings. The van der Waals surface area contributed by atoms with Crippen LogP contribution in [0.5, 0.6) is 5.75 Å². The van der Waals surface area contributed by atoms with Gasteiger partial charge in [-0.15, -0.1) is 0 Å². The molecule has 2 heterocycles. The monoisotopic (exact) mass is 487 g/mol.